The van der Waals surface area contributed by atoms with Crippen molar-refractivity contribution in [2.24, 2.45) is 0 Å². The first-order valence-corrected chi connectivity index (χ1v) is 6.89. The Morgan fingerprint density at radius 1 is 1.65 bits per heavy atom. The number of hydrogen-bond donors (Lipinski definition) is 2. The summed E-state index contributed by atoms with van der Waals surface area (Å²) >= 11 is 0. The summed E-state index contributed by atoms with van der Waals surface area (Å²) in [7, 11) is 1.58. The fraction of sp³-hybridized carbons (Fsp3) is 0.643. The maximum atomic E-state index is 12.3. The highest BCUT2D eigenvalue weighted by Crippen LogP contribution is 2.20. The van der Waals surface area contributed by atoms with Crippen molar-refractivity contribution in [3.8, 4) is 0 Å². The standard InChI is InChI=1S/C14H22N2O4/c1-10-5-6-13(20-10)12(9-19-2)15-14(18)16-7-3-4-11(16)8-17/h5-6,11-12,17H,3-4,7-9H2,1-2H3,(H,15,18)/t11-,12?/m0/s1. The molecule has 2 heterocycles. The van der Waals surface area contributed by atoms with Crippen LogP contribution in [-0.4, -0.2) is 48.9 Å². The molecule has 2 N–H and O–H groups in total. The van der Waals surface area contributed by atoms with Crippen LogP contribution in [0.4, 0.5) is 4.79 Å². The van der Waals surface area contributed by atoms with Gasteiger partial charge in [0.25, 0.3) is 0 Å². The lowest BCUT2D eigenvalue weighted by Crippen LogP contribution is -2.46. The normalized spacial score (nSPS) is 20.1. The minimum Gasteiger partial charge on any atom is -0.464 e. The number of nitrogens with zero attached hydrogens (tertiary/aromatic N) is 1. The van der Waals surface area contributed by atoms with Gasteiger partial charge in [-0.1, -0.05) is 0 Å². The first kappa shape index (κ1) is 14.9. The second kappa shape index (κ2) is 6.76. The van der Waals surface area contributed by atoms with E-state index in [1.54, 1.807) is 12.0 Å². The van der Waals surface area contributed by atoms with Crippen LogP contribution < -0.4 is 5.32 Å². The van der Waals surface area contributed by atoms with Crippen molar-refractivity contribution in [3.05, 3.63) is 23.7 Å². The summed E-state index contributed by atoms with van der Waals surface area (Å²) < 4.78 is 10.7. The van der Waals surface area contributed by atoms with Crippen LogP contribution in [0.1, 0.15) is 30.4 Å². The zero-order chi connectivity index (χ0) is 14.5. The lowest BCUT2D eigenvalue weighted by Gasteiger charge is -2.26. The van der Waals surface area contributed by atoms with E-state index < -0.39 is 0 Å². The maximum Gasteiger partial charge on any atom is 0.318 e. The van der Waals surface area contributed by atoms with Crippen molar-refractivity contribution < 1.29 is 19.1 Å². The van der Waals surface area contributed by atoms with E-state index >= 15 is 0 Å². The molecule has 20 heavy (non-hydrogen) atoms. The Labute approximate surface area is 118 Å². The van der Waals surface area contributed by atoms with Crippen molar-refractivity contribution in [2.45, 2.75) is 31.8 Å². The molecule has 2 amide bonds. The summed E-state index contributed by atoms with van der Waals surface area (Å²) in [5.74, 6) is 1.47. The number of ether oxygens (including phenoxy) is 1. The summed E-state index contributed by atoms with van der Waals surface area (Å²) in [5.41, 5.74) is 0. The molecule has 0 bridgehead atoms. The Balaban J connectivity index is 2.02. The van der Waals surface area contributed by atoms with E-state index in [2.05, 4.69) is 5.32 Å². The van der Waals surface area contributed by atoms with Crippen molar-refractivity contribution in [1.29, 1.82) is 0 Å². The van der Waals surface area contributed by atoms with Crippen molar-refractivity contribution in [1.82, 2.24) is 10.2 Å². The average Bonchev–Trinajstić information content (AvgIpc) is 3.06. The number of hydrogen-bond acceptors (Lipinski definition) is 4. The molecule has 0 radical (unpaired) electrons. The predicted octanol–water partition coefficient (Wildman–Crippen LogP) is 1.44. The van der Waals surface area contributed by atoms with Gasteiger partial charge in [-0.3, -0.25) is 0 Å². The van der Waals surface area contributed by atoms with Gasteiger partial charge in [-0.25, -0.2) is 4.79 Å². The average molecular weight is 282 g/mol. The third-order valence-corrected chi connectivity index (χ3v) is 3.58. The number of rotatable bonds is 5. The fourth-order valence-corrected chi connectivity index (χ4v) is 2.53. The van der Waals surface area contributed by atoms with Gasteiger partial charge in [0.1, 0.15) is 17.6 Å². The topological polar surface area (TPSA) is 74.9 Å². The van der Waals surface area contributed by atoms with Gasteiger partial charge in [-0.05, 0) is 31.9 Å². The Hall–Kier alpha value is -1.53. The lowest BCUT2D eigenvalue weighted by molar-refractivity contribution is 0.133. The molecule has 1 aliphatic heterocycles. The number of likely N-dealkylation sites (tertiary alicyclic amines) is 1. The van der Waals surface area contributed by atoms with E-state index in [1.807, 2.05) is 19.1 Å². The second-order valence-electron chi connectivity index (χ2n) is 5.08. The Kier molecular flexibility index (Phi) is 5.03. The molecular weight excluding hydrogens is 260 g/mol. The highest BCUT2D eigenvalue weighted by Gasteiger charge is 2.30. The number of aliphatic hydroxyl groups is 1. The number of methoxy groups -OCH3 is 1. The van der Waals surface area contributed by atoms with Gasteiger partial charge < -0.3 is 24.5 Å². The van der Waals surface area contributed by atoms with E-state index in [0.29, 0.717) is 18.9 Å². The highest BCUT2D eigenvalue weighted by atomic mass is 16.5. The first-order chi connectivity index (χ1) is 9.65. The molecule has 6 heteroatoms. The molecule has 112 valence electrons. The Morgan fingerprint density at radius 3 is 3.05 bits per heavy atom. The molecule has 1 aliphatic rings. The summed E-state index contributed by atoms with van der Waals surface area (Å²) in [6, 6.07) is 3.11. The lowest BCUT2D eigenvalue weighted by atomic mass is 10.2. The minimum atomic E-state index is -0.318. The number of carbonyl (C=O) groups is 1. The molecule has 1 saturated heterocycles. The summed E-state index contributed by atoms with van der Waals surface area (Å²) in [5, 5.41) is 12.2. The number of aliphatic hydroxyl groups excluding tert-OH is 1. The number of aryl methyl sites for hydroxylation is 1. The monoisotopic (exact) mass is 282 g/mol. The number of nitrogens with one attached hydrogen (secondary N) is 1. The minimum absolute atomic E-state index is 0.00221. The van der Waals surface area contributed by atoms with Crippen LogP contribution in [-0.2, 0) is 4.74 Å². The second-order valence-corrected chi connectivity index (χ2v) is 5.08. The first-order valence-electron chi connectivity index (χ1n) is 6.89. The molecule has 0 saturated carbocycles. The molecule has 6 nitrogen and oxygen atoms in total. The van der Waals surface area contributed by atoms with Gasteiger partial charge >= 0.3 is 6.03 Å². The van der Waals surface area contributed by atoms with E-state index in [1.165, 1.54) is 0 Å². The van der Waals surface area contributed by atoms with Crippen LogP contribution in [0.3, 0.4) is 0 Å². The number of amides is 2. The van der Waals surface area contributed by atoms with Crippen LogP contribution in [0.5, 0.6) is 0 Å². The Morgan fingerprint density at radius 2 is 2.45 bits per heavy atom. The maximum absolute atomic E-state index is 12.3. The third-order valence-electron chi connectivity index (χ3n) is 3.58. The molecule has 1 aromatic heterocycles. The Bertz CT molecular complexity index is 446. The quantitative estimate of drug-likeness (QED) is 0.857. The molecular formula is C14H22N2O4. The molecule has 0 spiro atoms. The third kappa shape index (κ3) is 3.32. The smallest absolute Gasteiger partial charge is 0.318 e. The molecule has 0 aromatic carbocycles. The predicted molar refractivity (Wildman–Crippen MR) is 73.4 cm³/mol. The van der Waals surface area contributed by atoms with Gasteiger partial charge in [-0.15, -0.1) is 0 Å². The van der Waals surface area contributed by atoms with E-state index in [-0.39, 0.29) is 24.7 Å². The largest absolute Gasteiger partial charge is 0.464 e. The molecule has 1 aromatic rings. The van der Waals surface area contributed by atoms with Gasteiger partial charge in [0.05, 0.1) is 19.3 Å². The molecule has 1 fully saturated rings. The zero-order valence-corrected chi connectivity index (χ0v) is 12.0. The molecule has 0 aliphatic carbocycles. The van der Waals surface area contributed by atoms with E-state index in [9.17, 15) is 9.90 Å². The molecule has 2 atom stereocenters. The SMILES string of the molecule is COCC(NC(=O)N1CCC[C@H]1CO)c1ccc(C)o1. The zero-order valence-electron chi connectivity index (χ0n) is 12.0. The van der Waals surface area contributed by atoms with Gasteiger partial charge in [-0.2, -0.15) is 0 Å². The van der Waals surface area contributed by atoms with Crippen molar-refractivity contribution in [3.63, 3.8) is 0 Å². The highest BCUT2D eigenvalue weighted by molar-refractivity contribution is 5.75. The summed E-state index contributed by atoms with van der Waals surface area (Å²) in [4.78, 5) is 14.0. The van der Waals surface area contributed by atoms with Crippen LogP contribution in [0.2, 0.25) is 0 Å². The fourth-order valence-electron chi connectivity index (χ4n) is 2.53. The summed E-state index contributed by atoms with van der Waals surface area (Å²) in [6.45, 7) is 2.88. The van der Waals surface area contributed by atoms with Crippen LogP contribution in [0.15, 0.2) is 16.5 Å². The number of furan rings is 1. The van der Waals surface area contributed by atoms with Gasteiger partial charge in [0.15, 0.2) is 0 Å². The van der Waals surface area contributed by atoms with Crippen molar-refractivity contribution in [2.75, 3.05) is 26.9 Å². The number of urea groups is 1. The molecule has 1 unspecified atom stereocenters. The van der Waals surface area contributed by atoms with Gasteiger partial charge in [0, 0.05) is 13.7 Å². The molecule has 2 rings (SSSR count). The van der Waals surface area contributed by atoms with E-state index in [4.69, 9.17) is 9.15 Å². The van der Waals surface area contributed by atoms with Crippen molar-refractivity contribution >= 4 is 6.03 Å². The van der Waals surface area contributed by atoms with Crippen LogP contribution in [0.25, 0.3) is 0 Å². The van der Waals surface area contributed by atoms with Crippen LogP contribution in [0, 0.1) is 6.92 Å². The van der Waals surface area contributed by atoms with Crippen LogP contribution >= 0.6 is 0 Å². The summed E-state index contributed by atoms with van der Waals surface area (Å²) in [6.07, 6.45) is 1.77. The van der Waals surface area contributed by atoms with Gasteiger partial charge in [0.2, 0.25) is 0 Å². The van der Waals surface area contributed by atoms with E-state index in [0.717, 1.165) is 18.6 Å². The number of carbonyl (C=O) groups excluding carboxylic acids is 1.